The van der Waals surface area contributed by atoms with Gasteiger partial charge >= 0.3 is 0 Å². The number of nitrogens with two attached hydrogens (primary N) is 1. The molecule has 1 amide bonds. The summed E-state index contributed by atoms with van der Waals surface area (Å²) in [5, 5.41) is 3.30. The molecule has 0 aliphatic carbocycles. The van der Waals surface area contributed by atoms with Gasteiger partial charge in [-0.15, -0.1) is 0 Å². The van der Waals surface area contributed by atoms with E-state index in [0.717, 1.165) is 35.6 Å². The first-order valence-corrected chi connectivity index (χ1v) is 7.53. The smallest absolute Gasteiger partial charge is 0.219 e. The Bertz CT molecular complexity index is 516. The van der Waals surface area contributed by atoms with Crippen molar-refractivity contribution >= 4 is 5.91 Å². The first-order chi connectivity index (χ1) is 10.0. The van der Waals surface area contributed by atoms with Crippen molar-refractivity contribution in [1.82, 2.24) is 5.32 Å². The first-order valence-electron chi connectivity index (χ1n) is 7.53. The summed E-state index contributed by atoms with van der Waals surface area (Å²) in [5.41, 5.74) is 7.46. The molecule has 116 valence electrons. The minimum Gasteiger partial charge on any atom is -0.494 e. The maximum atomic E-state index is 11.3. The van der Waals surface area contributed by atoms with E-state index in [0.29, 0.717) is 6.61 Å². The van der Waals surface area contributed by atoms with Crippen LogP contribution in [0.1, 0.15) is 44.4 Å². The molecule has 0 saturated heterocycles. The molecule has 2 rings (SSSR count). The fraction of sp³-hybridized carbons (Fsp3) is 0.562. The second kappa shape index (κ2) is 6.80. The Morgan fingerprint density at radius 2 is 2.29 bits per heavy atom. The van der Waals surface area contributed by atoms with E-state index in [9.17, 15) is 4.79 Å². The minimum absolute atomic E-state index is 0.154. The Morgan fingerprint density at radius 1 is 1.52 bits per heavy atom. The van der Waals surface area contributed by atoms with Crippen molar-refractivity contribution in [3.05, 3.63) is 23.3 Å². The Kier molecular flexibility index (Phi) is 5.07. The van der Waals surface area contributed by atoms with Crippen LogP contribution in [-0.2, 0) is 11.2 Å². The lowest BCUT2D eigenvalue weighted by molar-refractivity contribution is -0.118. The van der Waals surface area contributed by atoms with Gasteiger partial charge in [0, 0.05) is 30.0 Å². The summed E-state index contributed by atoms with van der Waals surface area (Å²) in [6, 6.07) is 3.86. The van der Waals surface area contributed by atoms with E-state index in [4.69, 9.17) is 15.2 Å². The van der Waals surface area contributed by atoms with Gasteiger partial charge in [-0.25, -0.2) is 0 Å². The van der Waals surface area contributed by atoms with Crippen LogP contribution < -0.4 is 20.5 Å². The van der Waals surface area contributed by atoms with Crippen LogP contribution in [0.25, 0.3) is 0 Å². The molecule has 2 atom stereocenters. The third-order valence-electron chi connectivity index (χ3n) is 3.56. The monoisotopic (exact) mass is 292 g/mol. The highest BCUT2D eigenvalue weighted by Gasteiger charge is 2.25. The number of hydrogen-bond donors (Lipinski definition) is 2. The molecule has 0 bridgehead atoms. The zero-order chi connectivity index (χ0) is 15.4. The molecule has 0 radical (unpaired) electrons. The number of fused-ring (bicyclic) bond motifs is 1. The molecule has 1 aromatic carbocycles. The van der Waals surface area contributed by atoms with Gasteiger partial charge in [-0.05, 0) is 32.5 Å². The van der Waals surface area contributed by atoms with Crippen LogP contribution in [0.3, 0.4) is 0 Å². The van der Waals surface area contributed by atoms with E-state index in [-0.39, 0.29) is 24.5 Å². The largest absolute Gasteiger partial charge is 0.494 e. The summed E-state index contributed by atoms with van der Waals surface area (Å²) in [6.07, 6.45) is 1.30. The van der Waals surface area contributed by atoms with Crippen LogP contribution in [0.2, 0.25) is 0 Å². The molecule has 5 nitrogen and oxygen atoms in total. The van der Waals surface area contributed by atoms with Crippen molar-refractivity contribution in [3.8, 4) is 11.5 Å². The summed E-state index contributed by atoms with van der Waals surface area (Å²) in [5.74, 6) is 1.35. The number of amides is 1. The fourth-order valence-corrected chi connectivity index (χ4v) is 2.75. The number of rotatable bonds is 7. The van der Waals surface area contributed by atoms with E-state index in [1.165, 1.54) is 0 Å². The Morgan fingerprint density at radius 3 is 2.90 bits per heavy atom. The maximum Gasteiger partial charge on any atom is 0.219 e. The van der Waals surface area contributed by atoms with Crippen LogP contribution >= 0.6 is 0 Å². The standard InChI is InChI=1S/C16H24N2O3/c1-4-18-13(9-16(17)19)12-8-14-11(6-10(3)21-14)7-15(12)20-5-2/h7-8,10,13,18H,4-6,9H2,1-3H3,(H2,17,19). The van der Waals surface area contributed by atoms with Crippen molar-refractivity contribution < 1.29 is 14.3 Å². The first kappa shape index (κ1) is 15.6. The van der Waals surface area contributed by atoms with Crippen molar-refractivity contribution in [2.75, 3.05) is 13.2 Å². The minimum atomic E-state index is -0.335. The number of hydrogen-bond acceptors (Lipinski definition) is 4. The number of carbonyl (C=O) groups is 1. The topological polar surface area (TPSA) is 73.6 Å². The van der Waals surface area contributed by atoms with E-state index in [1.54, 1.807) is 0 Å². The summed E-state index contributed by atoms with van der Waals surface area (Å²) in [4.78, 5) is 11.3. The molecule has 1 aliphatic rings. The van der Waals surface area contributed by atoms with Gasteiger partial charge in [-0.1, -0.05) is 6.92 Å². The Labute approximate surface area is 125 Å². The highest BCUT2D eigenvalue weighted by molar-refractivity contribution is 5.75. The van der Waals surface area contributed by atoms with Gasteiger partial charge in [0.2, 0.25) is 5.91 Å². The van der Waals surface area contributed by atoms with Gasteiger partial charge in [0.25, 0.3) is 0 Å². The van der Waals surface area contributed by atoms with Crippen molar-refractivity contribution in [3.63, 3.8) is 0 Å². The highest BCUT2D eigenvalue weighted by atomic mass is 16.5. The lowest BCUT2D eigenvalue weighted by atomic mass is 9.98. The molecule has 0 fully saturated rings. The van der Waals surface area contributed by atoms with Crippen LogP contribution in [0, 0.1) is 0 Å². The predicted molar refractivity (Wildman–Crippen MR) is 81.6 cm³/mol. The molecule has 3 N–H and O–H groups in total. The molecule has 0 aromatic heterocycles. The third-order valence-corrected chi connectivity index (χ3v) is 3.56. The van der Waals surface area contributed by atoms with Crippen molar-refractivity contribution in [2.24, 2.45) is 5.73 Å². The maximum absolute atomic E-state index is 11.3. The van der Waals surface area contributed by atoms with Crippen LogP contribution in [0.15, 0.2) is 12.1 Å². The number of nitrogens with one attached hydrogen (secondary N) is 1. The third kappa shape index (κ3) is 3.67. The van der Waals surface area contributed by atoms with E-state index < -0.39 is 0 Å². The average molecular weight is 292 g/mol. The van der Waals surface area contributed by atoms with Gasteiger partial charge < -0.3 is 20.5 Å². The zero-order valence-corrected chi connectivity index (χ0v) is 12.9. The van der Waals surface area contributed by atoms with Gasteiger partial charge in [0.15, 0.2) is 0 Å². The second-order valence-electron chi connectivity index (χ2n) is 5.34. The molecular weight excluding hydrogens is 268 g/mol. The zero-order valence-electron chi connectivity index (χ0n) is 12.9. The molecule has 0 spiro atoms. The number of primary amides is 1. The molecule has 1 aromatic rings. The summed E-state index contributed by atoms with van der Waals surface area (Å²) >= 11 is 0. The summed E-state index contributed by atoms with van der Waals surface area (Å²) in [6.45, 7) is 7.33. The van der Waals surface area contributed by atoms with Crippen molar-refractivity contribution in [1.29, 1.82) is 0 Å². The van der Waals surface area contributed by atoms with Crippen LogP contribution in [0.4, 0.5) is 0 Å². The van der Waals surface area contributed by atoms with Gasteiger partial charge in [0.05, 0.1) is 6.61 Å². The van der Waals surface area contributed by atoms with Gasteiger partial charge in [-0.2, -0.15) is 0 Å². The Hall–Kier alpha value is -1.75. The summed E-state index contributed by atoms with van der Waals surface area (Å²) in [7, 11) is 0. The summed E-state index contributed by atoms with van der Waals surface area (Å²) < 4.78 is 11.6. The van der Waals surface area contributed by atoms with Crippen LogP contribution in [-0.4, -0.2) is 25.2 Å². The molecule has 0 saturated carbocycles. The molecule has 21 heavy (non-hydrogen) atoms. The number of ether oxygens (including phenoxy) is 2. The van der Waals surface area contributed by atoms with Gasteiger partial charge in [0.1, 0.15) is 17.6 Å². The molecular formula is C16H24N2O3. The van der Waals surface area contributed by atoms with E-state index in [2.05, 4.69) is 5.32 Å². The van der Waals surface area contributed by atoms with E-state index >= 15 is 0 Å². The highest BCUT2D eigenvalue weighted by Crippen LogP contribution is 2.38. The SMILES string of the molecule is CCNC(CC(N)=O)c1cc2c(cc1OCC)CC(C)O2. The number of carbonyl (C=O) groups excluding carboxylic acids is 1. The predicted octanol–water partition coefficient (Wildman–Crippen LogP) is 1.93. The van der Waals surface area contributed by atoms with E-state index in [1.807, 2.05) is 32.9 Å². The lowest BCUT2D eigenvalue weighted by Crippen LogP contribution is -2.27. The molecule has 1 heterocycles. The van der Waals surface area contributed by atoms with Gasteiger partial charge in [-0.3, -0.25) is 4.79 Å². The average Bonchev–Trinajstić information content (AvgIpc) is 2.76. The lowest BCUT2D eigenvalue weighted by Gasteiger charge is -2.21. The molecule has 1 aliphatic heterocycles. The quantitative estimate of drug-likeness (QED) is 0.805. The van der Waals surface area contributed by atoms with Crippen molar-refractivity contribution in [2.45, 2.75) is 45.8 Å². The normalized spacial score (nSPS) is 18.0. The number of benzene rings is 1. The molecule has 5 heteroatoms. The van der Waals surface area contributed by atoms with Crippen LogP contribution in [0.5, 0.6) is 11.5 Å². The molecule has 2 unspecified atom stereocenters. The fourth-order valence-electron chi connectivity index (χ4n) is 2.75. The Balaban J connectivity index is 2.39. The second-order valence-corrected chi connectivity index (χ2v) is 5.34.